The van der Waals surface area contributed by atoms with Gasteiger partial charge in [-0.3, -0.25) is 48.4 Å². The minimum Gasteiger partial charge on any atom is -0.480 e. The molecule has 3 saturated heterocycles. The first-order valence-corrected chi connectivity index (χ1v) is 22.7. The highest BCUT2D eigenvalue weighted by Gasteiger charge is 2.54. The van der Waals surface area contributed by atoms with Gasteiger partial charge in [0.15, 0.2) is 5.96 Å². The molecule has 20 nitrogen and oxygen atoms in total. The molecular weight excluding hydrogens is 847 g/mol. The largest absolute Gasteiger partial charge is 0.480 e. The van der Waals surface area contributed by atoms with Crippen LogP contribution in [0.4, 0.5) is 5.69 Å². The summed E-state index contributed by atoms with van der Waals surface area (Å²) in [6.07, 6.45) is 3.26. The fraction of sp³-hybridized carbons (Fsp3) is 0.535. The third-order valence-corrected chi connectivity index (χ3v) is 13.4. The zero-order chi connectivity index (χ0) is 45.8. The Bertz CT molecular complexity index is 2040. The van der Waals surface area contributed by atoms with Crippen molar-refractivity contribution in [1.82, 2.24) is 36.0 Å². The number of nitrogens with two attached hydrogens (primary N) is 2. The average Bonchev–Trinajstić information content (AvgIpc) is 3.46. The van der Waals surface area contributed by atoms with Crippen LogP contribution in [-0.2, 0) is 40.0 Å². The molecule has 21 heteroatoms. The highest BCUT2D eigenvalue weighted by Crippen LogP contribution is 2.37. The van der Waals surface area contributed by atoms with E-state index in [0.717, 1.165) is 10.5 Å². The van der Waals surface area contributed by atoms with E-state index in [0.29, 0.717) is 68.9 Å². The molecule has 3 fully saturated rings. The molecule has 0 radical (unpaired) electrons. The monoisotopic (exact) mass is 905 g/mol. The van der Waals surface area contributed by atoms with Crippen molar-refractivity contribution in [2.45, 2.75) is 73.5 Å². The van der Waals surface area contributed by atoms with Crippen LogP contribution in [0.15, 0.2) is 64.5 Å². The summed E-state index contributed by atoms with van der Waals surface area (Å²) < 4.78 is 0. The van der Waals surface area contributed by atoms with Crippen molar-refractivity contribution in [3.8, 4) is 0 Å². The van der Waals surface area contributed by atoms with Gasteiger partial charge >= 0.3 is 5.97 Å². The molecule has 6 amide bonds. The smallest absolute Gasteiger partial charge is 0.323 e. The van der Waals surface area contributed by atoms with Gasteiger partial charge in [-0.05, 0) is 75.7 Å². The molecule has 0 aliphatic carbocycles. The Morgan fingerprint density at radius 2 is 1.64 bits per heavy atom. The predicted molar refractivity (Wildman–Crippen MR) is 238 cm³/mol. The van der Waals surface area contributed by atoms with E-state index in [4.69, 9.17) is 11.5 Å². The van der Waals surface area contributed by atoms with Crippen molar-refractivity contribution in [3.63, 3.8) is 0 Å². The van der Waals surface area contributed by atoms with E-state index in [1.165, 1.54) is 16.7 Å². The number of thioether (sulfide) groups is 1. The Hall–Kier alpha value is -5.77. The van der Waals surface area contributed by atoms with Gasteiger partial charge in [-0.2, -0.15) is 0 Å². The van der Waals surface area contributed by atoms with Gasteiger partial charge in [0, 0.05) is 42.7 Å². The summed E-state index contributed by atoms with van der Waals surface area (Å²) in [5.74, 6) is -4.41. The molecule has 3 atom stereocenters. The molecule has 6 rings (SSSR count). The number of aliphatic carboxylic acids is 1. The standard InChI is InChI=1S/C43H59N11O9S/c44-42(45)47-17-6-9-30(49-37(59)29-12-18-46-19-13-29)39(61)51-21-15-43(16-22-51)41(63)52(27-53(43)20-14-28-7-2-1-3-8-28)23-35(56)48-31(25-55)38(60)50-32-26-64-34-11-5-4-10-33(34)54(40(32)62)24-36(57)58/h1-5,7-8,10-11,29-32,46,55H,6,9,12-27H2,(H,48,56)(H,49,59)(H,50,60)(H,57,58)(H4,44,45,47)/t30?,31?,32-/m1/s1. The Morgan fingerprint density at radius 3 is 2.33 bits per heavy atom. The number of aliphatic imine (C=N–C) groups is 1. The second kappa shape index (κ2) is 22.2. The number of piperidine rings is 2. The fourth-order valence-corrected chi connectivity index (χ4v) is 9.84. The van der Waals surface area contributed by atoms with E-state index in [1.807, 2.05) is 35.2 Å². The van der Waals surface area contributed by atoms with Gasteiger partial charge in [0.1, 0.15) is 36.8 Å². The first kappa shape index (κ1) is 47.7. The molecule has 4 heterocycles. The van der Waals surface area contributed by atoms with Crippen molar-refractivity contribution >= 4 is 64.8 Å². The third-order valence-electron chi connectivity index (χ3n) is 12.2. The van der Waals surface area contributed by atoms with Gasteiger partial charge in [0.05, 0.1) is 19.0 Å². The first-order chi connectivity index (χ1) is 30.8. The van der Waals surface area contributed by atoms with Crippen molar-refractivity contribution < 1.29 is 43.8 Å². The number of hydrogen-bond acceptors (Lipinski definition) is 12. The normalized spacial score (nSPS) is 19.9. The van der Waals surface area contributed by atoms with Crippen LogP contribution in [0.25, 0.3) is 0 Å². The number of anilines is 1. The summed E-state index contributed by atoms with van der Waals surface area (Å²) in [5, 5.41) is 31.1. The number of fused-ring (bicyclic) bond motifs is 1. The summed E-state index contributed by atoms with van der Waals surface area (Å²) in [5.41, 5.74) is 11.4. The molecule has 0 saturated carbocycles. The maximum absolute atomic E-state index is 14.5. The Kier molecular flexibility index (Phi) is 16.6. The zero-order valence-electron chi connectivity index (χ0n) is 35.8. The van der Waals surface area contributed by atoms with Crippen LogP contribution in [0.1, 0.15) is 44.1 Å². The first-order valence-electron chi connectivity index (χ1n) is 21.7. The molecule has 2 aromatic rings. The number of carbonyl (C=O) groups is 7. The van der Waals surface area contributed by atoms with E-state index in [9.17, 15) is 43.8 Å². The number of aliphatic hydroxyl groups is 1. The Labute approximate surface area is 375 Å². The van der Waals surface area contributed by atoms with Gasteiger partial charge in [0.25, 0.3) is 5.91 Å². The van der Waals surface area contributed by atoms with Crippen LogP contribution in [0.3, 0.4) is 0 Å². The SMILES string of the molecule is NC(N)=NCCCC(NC(=O)C1CCNCC1)C(=O)N1CCC2(CC1)C(=O)N(CC(=O)NC(CO)C(=O)N[C@@H]1CSc3ccccc3N(CC(=O)O)C1=O)CN2CCc1ccccc1. The molecule has 4 aliphatic rings. The number of carbonyl (C=O) groups excluding carboxylic acids is 6. The number of para-hydroxylation sites is 1. The summed E-state index contributed by atoms with van der Waals surface area (Å²) >= 11 is 1.26. The molecule has 1 spiro atoms. The summed E-state index contributed by atoms with van der Waals surface area (Å²) in [6, 6.07) is 13.1. The van der Waals surface area contributed by atoms with Gasteiger partial charge in [-0.1, -0.05) is 42.5 Å². The molecule has 4 aliphatic heterocycles. The number of nitrogens with zero attached hydrogens (tertiary/aromatic N) is 5. The molecule has 2 unspecified atom stereocenters. The predicted octanol–water partition coefficient (Wildman–Crippen LogP) is -1.58. The number of likely N-dealkylation sites (tertiary alicyclic amines) is 1. The van der Waals surface area contributed by atoms with Gasteiger partial charge in [-0.15, -0.1) is 11.8 Å². The number of carboxylic acids is 1. The van der Waals surface area contributed by atoms with Crippen molar-refractivity contribution in [3.05, 3.63) is 60.2 Å². The van der Waals surface area contributed by atoms with Crippen LogP contribution in [0.2, 0.25) is 0 Å². The van der Waals surface area contributed by atoms with Gasteiger partial charge in [0.2, 0.25) is 29.5 Å². The van der Waals surface area contributed by atoms with Crippen LogP contribution in [0.5, 0.6) is 0 Å². The van der Waals surface area contributed by atoms with E-state index >= 15 is 0 Å². The molecule has 64 heavy (non-hydrogen) atoms. The maximum atomic E-state index is 14.5. The lowest BCUT2D eigenvalue weighted by atomic mass is 9.85. The average molecular weight is 906 g/mol. The van der Waals surface area contributed by atoms with Crippen LogP contribution < -0.4 is 37.6 Å². The fourth-order valence-electron chi connectivity index (χ4n) is 8.77. The highest BCUT2D eigenvalue weighted by atomic mass is 32.2. The molecular formula is C43H59N11O9S. The van der Waals surface area contributed by atoms with E-state index in [2.05, 4.69) is 26.3 Å². The Morgan fingerprint density at radius 1 is 0.938 bits per heavy atom. The number of guanidine groups is 1. The van der Waals surface area contributed by atoms with Crippen molar-refractivity contribution in [2.24, 2.45) is 22.4 Å². The molecule has 10 N–H and O–H groups in total. The summed E-state index contributed by atoms with van der Waals surface area (Å²) in [6.45, 7) is 0.848. The quantitative estimate of drug-likeness (QED) is 0.0476. The molecule has 0 aromatic heterocycles. The second-order valence-electron chi connectivity index (χ2n) is 16.5. The second-order valence-corrected chi connectivity index (χ2v) is 17.6. The number of rotatable bonds is 18. The lowest BCUT2D eigenvalue weighted by molar-refractivity contribution is -0.144. The minimum absolute atomic E-state index is 0.0624. The van der Waals surface area contributed by atoms with E-state index in [-0.39, 0.29) is 68.0 Å². The Balaban J connectivity index is 1.11. The molecule has 2 aromatic carbocycles. The van der Waals surface area contributed by atoms with Crippen LogP contribution >= 0.6 is 11.8 Å². The summed E-state index contributed by atoms with van der Waals surface area (Å²) in [7, 11) is 0. The lowest BCUT2D eigenvalue weighted by Gasteiger charge is -2.43. The number of benzene rings is 2. The minimum atomic E-state index is -1.48. The van der Waals surface area contributed by atoms with Crippen LogP contribution in [-0.4, -0.2) is 167 Å². The number of hydrogen-bond donors (Lipinski definition) is 8. The van der Waals surface area contributed by atoms with E-state index < -0.39 is 67.1 Å². The summed E-state index contributed by atoms with van der Waals surface area (Å²) in [4.78, 5) is 105. The topological polar surface area (TPSA) is 285 Å². The lowest BCUT2D eigenvalue weighted by Crippen LogP contribution is -2.60. The number of amides is 6. The number of nitrogens with one attached hydrogen (secondary N) is 4. The molecule has 346 valence electrons. The maximum Gasteiger partial charge on any atom is 0.323 e. The van der Waals surface area contributed by atoms with Gasteiger partial charge in [-0.25, -0.2) is 0 Å². The number of carboxylic acid groups (broad SMARTS) is 1. The number of aliphatic hydroxyl groups excluding tert-OH is 1. The highest BCUT2D eigenvalue weighted by molar-refractivity contribution is 7.99. The van der Waals surface area contributed by atoms with E-state index in [1.54, 1.807) is 29.2 Å². The van der Waals surface area contributed by atoms with Crippen LogP contribution in [0, 0.1) is 5.92 Å². The molecule has 0 bridgehead atoms. The van der Waals surface area contributed by atoms with Crippen molar-refractivity contribution in [1.29, 1.82) is 0 Å². The van der Waals surface area contributed by atoms with Gasteiger partial charge < -0.3 is 52.7 Å². The van der Waals surface area contributed by atoms with Crippen molar-refractivity contribution in [2.75, 3.05) is 76.3 Å². The zero-order valence-corrected chi connectivity index (χ0v) is 36.6. The third kappa shape index (κ3) is 11.9.